The maximum absolute atomic E-state index is 12.1. The second-order valence-electron chi connectivity index (χ2n) is 5.76. The Labute approximate surface area is 122 Å². The highest BCUT2D eigenvalue weighted by atomic mass is 19.4. The van der Waals surface area contributed by atoms with E-state index in [0.29, 0.717) is 0 Å². The summed E-state index contributed by atoms with van der Waals surface area (Å²) in [6, 6.07) is 0.0150. The summed E-state index contributed by atoms with van der Waals surface area (Å²) in [6.07, 6.45) is 7.67. The monoisotopic (exact) mass is 295 g/mol. The lowest BCUT2D eigenvalue weighted by molar-refractivity contribution is -0.136. The number of nitrogens with one attached hydrogen (secondary N) is 1. The molecule has 0 radical (unpaired) electrons. The molecule has 0 saturated heterocycles. The van der Waals surface area contributed by atoms with E-state index in [0.717, 1.165) is 19.3 Å². The molecule has 0 aliphatic carbocycles. The Hall–Kier alpha value is -0.250. The van der Waals surface area contributed by atoms with Crippen molar-refractivity contribution in [3.63, 3.8) is 0 Å². The predicted octanol–water partition coefficient (Wildman–Crippen LogP) is 5.84. The fourth-order valence-electron chi connectivity index (χ4n) is 2.47. The van der Waals surface area contributed by atoms with Crippen LogP contribution in [0.15, 0.2) is 0 Å². The molecule has 1 nitrogen and oxygen atoms in total. The molecule has 0 aromatic heterocycles. The number of alkyl halides is 3. The standard InChI is InChI=1S/C16H32F3N/c1-3-4-5-6-7-8-9-10-11-12-15(20-2)13-14-16(17,18)19/h15,20H,3-14H2,1-2H3. The van der Waals surface area contributed by atoms with Gasteiger partial charge in [-0.2, -0.15) is 13.2 Å². The van der Waals surface area contributed by atoms with Gasteiger partial charge in [-0.1, -0.05) is 64.7 Å². The molecule has 0 aliphatic heterocycles. The number of hydrogen-bond acceptors (Lipinski definition) is 1. The minimum absolute atomic E-state index is 0.0150. The van der Waals surface area contributed by atoms with Crippen LogP contribution < -0.4 is 5.32 Å². The largest absolute Gasteiger partial charge is 0.389 e. The van der Waals surface area contributed by atoms with E-state index in [1.54, 1.807) is 7.05 Å². The van der Waals surface area contributed by atoms with Gasteiger partial charge in [0.25, 0.3) is 0 Å². The molecule has 1 atom stereocenters. The maximum Gasteiger partial charge on any atom is 0.389 e. The number of halogens is 3. The summed E-state index contributed by atoms with van der Waals surface area (Å²) >= 11 is 0. The molecule has 4 heteroatoms. The van der Waals surface area contributed by atoms with Crippen molar-refractivity contribution in [2.24, 2.45) is 0 Å². The van der Waals surface area contributed by atoms with Crippen molar-refractivity contribution in [1.29, 1.82) is 0 Å². The molecule has 0 rings (SSSR count). The number of hydrogen-bond donors (Lipinski definition) is 1. The van der Waals surface area contributed by atoms with Gasteiger partial charge < -0.3 is 5.32 Å². The van der Waals surface area contributed by atoms with Gasteiger partial charge in [0.05, 0.1) is 0 Å². The van der Waals surface area contributed by atoms with Crippen LogP contribution in [-0.4, -0.2) is 19.3 Å². The van der Waals surface area contributed by atoms with E-state index in [9.17, 15) is 13.2 Å². The minimum Gasteiger partial charge on any atom is -0.317 e. The van der Waals surface area contributed by atoms with E-state index in [-0.39, 0.29) is 12.5 Å². The average molecular weight is 295 g/mol. The Balaban J connectivity index is 3.38. The van der Waals surface area contributed by atoms with E-state index < -0.39 is 12.6 Å². The Morgan fingerprint density at radius 2 is 1.30 bits per heavy atom. The maximum atomic E-state index is 12.1. The molecule has 1 N–H and O–H groups in total. The van der Waals surface area contributed by atoms with Crippen molar-refractivity contribution in [2.75, 3.05) is 7.05 Å². The third kappa shape index (κ3) is 14.2. The van der Waals surface area contributed by atoms with Gasteiger partial charge in [0.1, 0.15) is 0 Å². The van der Waals surface area contributed by atoms with E-state index in [2.05, 4.69) is 12.2 Å². The van der Waals surface area contributed by atoms with Crippen molar-refractivity contribution >= 4 is 0 Å². The Morgan fingerprint density at radius 3 is 1.75 bits per heavy atom. The summed E-state index contributed by atoms with van der Waals surface area (Å²) in [6.45, 7) is 2.22. The van der Waals surface area contributed by atoms with Crippen LogP contribution in [0.2, 0.25) is 0 Å². The van der Waals surface area contributed by atoms with Gasteiger partial charge in [-0.15, -0.1) is 0 Å². The molecule has 0 aromatic rings. The van der Waals surface area contributed by atoms with Crippen molar-refractivity contribution in [1.82, 2.24) is 5.32 Å². The van der Waals surface area contributed by atoms with Crippen molar-refractivity contribution in [3.8, 4) is 0 Å². The number of rotatable bonds is 13. The summed E-state index contributed by atoms with van der Waals surface area (Å²) in [5, 5.41) is 3.00. The smallest absolute Gasteiger partial charge is 0.317 e. The summed E-state index contributed by atoms with van der Waals surface area (Å²) in [4.78, 5) is 0. The van der Waals surface area contributed by atoms with E-state index in [1.165, 1.54) is 44.9 Å². The van der Waals surface area contributed by atoms with Crippen LogP contribution in [0.4, 0.5) is 13.2 Å². The summed E-state index contributed by atoms with van der Waals surface area (Å²) in [5.41, 5.74) is 0. The van der Waals surface area contributed by atoms with Gasteiger partial charge in [-0.3, -0.25) is 0 Å². The Bertz CT molecular complexity index is 204. The van der Waals surface area contributed by atoms with Gasteiger partial charge in [-0.25, -0.2) is 0 Å². The highest BCUT2D eigenvalue weighted by molar-refractivity contribution is 4.67. The number of unbranched alkanes of at least 4 members (excludes halogenated alkanes) is 8. The van der Waals surface area contributed by atoms with Crippen LogP contribution in [-0.2, 0) is 0 Å². The third-order valence-corrected chi connectivity index (χ3v) is 3.84. The molecular weight excluding hydrogens is 263 g/mol. The van der Waals surface area contributed by atoms with Gasteiger partial charge >= 0.3 is 6.18 Å². The Kier molecular flexibility index (Phi) is 12.3. The molecule has 20 heavy (non-hydrogen) atoms. The fraction of sp³-hybridized carbons (Fsp3) is 1.00. The van der Waals surface area contributed by atoms with E-state index >= 15 is 0 Å². The molecule has 0 spiro atoms. The van der Waals surface area contributed by atoms with Gasteiger partial charge in [0.2, 0.25) is 0 Å². The van der Waals surface area contributed by atoms with Crippen molar-refractivity contribution < 1.29 is 13.2 Å². The van der Waals surface area contributed by atoms with Gasteiger partial charge in [-0.05, 0) is 19.9 Å². The molecule has 122 valence electrons. The van der Waals surface area contributed by atoms with Crippen LogP contribution in [0, 0.1) is 0 Å². The predicted molar refractivity (Wildman–Crippen MR) is 80.0 cm³/mol. The third-order valence-electron chi connectivity index (χ3n) is 3.84. The fourth-order valence-corrected chi connectivity index (χ4v) is 2.47. The summed E-state index contributed by atoms with van der Waals surface area (Å²) in [7, 11) is 1.76. The topological polar surface area (TPSA) is 12.0 Å². The van der Waals surface area contributed by atoms with Crippen LogP contribution in [0.1, 0.15) is 84.0 Å². The first kappa shape index (κ1) is 19.8. The minimum atomic E-state index is -4.02. The van der Waals surface area contributed by atoms with E-state index in [4.69, 9.17) is 0 Å². The molecule has 1 unspecified atom stereocenters. The van der Waals surface area contributed by atoms with Crippen LogP contribution in [0.5, 0.6) is 0 Å². The zero-order chi connectivity index (χ0) is 15.3. The summed E-state index contributed by atoms with van der Waals surface area (Å²) in [5.74, 6) is 0. The normalized spacial score (nSPS) is 13.7. The van der Waals surface area contributed by atoms with Gasteiger partial charge in [0.15, 0.2) is 0 Å². The molecule has 0 fully saturated rings. The first-order valence-corrected chi connectivity index (χ1v) is 8.23. The lowest BCUT2D eigenvalue weighted by atomic mass is 10.0. The Morgan fingerprint density at radius 1 is 0.800 bits per heavy atom. The lowest BCUT2D eigenvalue weighted by Gasteiger charge is -2.17. The molecular formula is C16H32F3N. The quantitative estimate of drug-likeness (QED) is 0.421. The SMILES string of the molecule is CCCCCCCCCCCC(CCC(F)(F)F)NC. The van der Waals surface area contributed by atoms with E-state index in [1.807, 2.05) is 0 Å². The first-order valence-electron chi connectivity index (χ1n) is 8.23. The second kappa shape index (κ2) is 12.5. The average Bonchev–Trinajstić information content (AvgIpc) is 2.39. The van der Waals surface area contributed by atoms with Crippen LogP contribution in [0.25, 0.3) is 0 Å². The highest BCUT2D eigenvalue weighted by Gasteiger charge is 2.27. The van der Waals surface area contributed by atoms with Crippen LogP contribution >= 0.6 is 0 Å². The zero-order valence-electron chi connectivity index (χ0n) is 13.2. The zero-order valence-corrected chi connectivity index (χ0v) is 13.2. The van der Waals surface area contributed by atoms with Gasteiger partial charge in [0, 0.05) is 12.5 Å². The molecule has 0 bridgehead atoms. The van der Waals surface area contributed by atoms with Crippen molar-refractivity contribution in [2.45, 2.75) is 96.2 Å². The summed E-state index contributed by atoms with van der Waals surface area (Å²) < 4.78 is 36.4. The first-order chi connectivity index (χ1) is 9.49. The molecule has 0 heterocycles. The molecule has 0 amide bonds. The highest BCUT2D eigenvalue weighted by Crippen LogP contribution is 2.23. The second-order valence-corrected chi connectivity index (χ2v) is 5.76. The molecule has 0 aliphatic rings. The van der Waals surface area contributed by atoms with Crippen molar-refractivity contribution in [3.05, 3.63) is 0 Å². The lowest BCUT2D eigenvalue weighted by Crippen LogP contribution is -2.27. The molecule has 0 aromatic carbocycles. The van der Waals surface area contributed by atoms with Crippen LogP contribution in [0.3, 0.4) is 0 Å². The molecule has 0 saturated carbocycles.